The van der Waals surface area contributed by atoms with E-state index in [1.165, 1.54) is 57.8 Å². The Balaban J connectivity index is 4.32. The molecular formula is C28H56O2. The van der Waals surface area contributed by atoms with Crippen molar-refractivity contribution in [3.63, 3.8) is 0 Å². The lowest BCUT2D eigenvalue weighted by Gasteiger charge is -2.36. The largest absolute Gasteiger partial charge is 0.465 e. The molecule has 0 saturated heterocycles. The van der Waals surface area contributed by atoms with Gasteiger partial charge in [0.2, 0.25) is 0 Å². The van der Waals surface area contributed by atoms with Crippen LogP contribution in [0.15, 0.2) is 0 Å². The highest BCUT2D eigenvalue weighted by atomic mass is 16.5. The Morgan fingerprint density at radius 1 is 0.800 bits per heavy atom. The fraction of sp³-hybridized carbons (Fsp3) is 0.964. The van der Waals surface area contributed by atoms with Crippen LogP contribution in [0.2, 0.25) is 0 Å². The van der Waals surface area contributed by atoms with E-state index >= 15 is 0 Å². The Morgan fingerprint density at radius 3 is 2.00 bits per heavy atom. The van der Waals surface area contributed by atoms with E-state index in [2.05, 4.69) is 55.4 Å². The van der Waals surface area contributed by atoms with Gasteiger partial charge in [0.05, 0.1) is 12.5 Å². The Bertz CT molecular complexity index is 415. The predicted molar refractivity (Wildman–Crippen MR) is 133 cm³/mol. The lowest BCUT2D eigenvalue weighted by molar-refractivity contribution is -0.149. The standard InChI is InChI=1S/C28H56O2/c1-9-13-14-15-16-17-19-25(18-10-2)27(29)30-21-20-23(5)24(6)22-26(11-3)28(7,8)12-4/h23-26H,9-22H2,1-8H3/t23?,24-,25?,26?/m0/s1. The molecule has 0 fully saturated rings. The summed E-state index contributed by atoms with van der Waals surface area (Å²) in [4.78, 5) is 12.6. The summed E-state index contributed by atoms with van der Waals surface area (Å²) in [7, 11) is 0. The molecule has 0 rings (SSSR count). The van der Waals surface area contributed by atoms with Gasteiger partial charge in [-0.25, -0.2) is 0 Å². The normalized spacial score (nSPS) is 16.1. The van der Waals surface area contributed by atoms with Crippen molar-refractivity contribution < 1.29 is 9.53 Å². The second kappa shape index (κ2) is 17.1. The third-order valence-electron chi connectivity index (χ3n) is 7.83. The molecule has 2 nitrogen and oxygen atoms in total. The Labute approximate surface area is 190 Å². The summed E-state index contributed by atoms with van der Waals surface area (Å²) < 4.78 is 5.75. The van der Waals surface area contributed by atoms with E-state index in [-0.39, 0.29) is 11.9 Å². The van der Waals surface area contributed by atoms with Gasteiger partial charge < -0.3 is 4.74 Å². The van der Waals surface area contributed by atoms with Crippen LogP contribution in [0.5, 0.6) is 0 Å². The lowest BCUT2D eigenvalue weighted by Crippen LogP contribution is -2.27. The van der Waals surface area contributed by atoms with E-state index in [9.17, 15) is 4.79 Å². The molecule has 0 saturated carbocycles. The third kappa shape index (κ3) is 12.4. The molecule has 3 unspecified atom stereocenters. The Morgan fingerprint density at radius 2 is 1.43 bits per heavy atom. The second-order valence-electron chi connectivity index (χ2n) is 10.6. The van der Waals surface area contributed by atoms with Crippen LogP contribution < -0.4 is 0 Å². The minimum atomic E-state index is 0.0591. The fourth-order valence-electron chi connectivity index (χ4n) is 4.66. The summed E-state index contributed by atoms with van der Waals surface area (Å²) in [6.45, 7) is 19.2. The van der Waals surface area contributed by atoms with Crippen LogP contribution in [-0.4, -0.2) is 12.6 Å². The van der Waals surface area contributed by atoms with Gasteiger partial charge in [-0.05, 0) is 48.9 Å². The number of ether oxygens (including phenoxy) is 1. The maximum absolute atomic E-state index is 12.6. The summed E-state index contributed by atoms with van der Waals surface area (Å²) in [6.07, 6.45) is 15.5. The summed E-state index contributed by atoms with van der Waals surface area (Å²) in [5, 5.41) is 0. The second-order valence-corrected chi connectivity index (χ2v) is 10.6. The number of hydrogen-bond donors (Lipinski definition) is 0. The highest BCUT2D eigenvalue weighted by Crippen LogP contribution is 2.38. The number of carbonyl (C=O) groups is 1. The highest BCUT2D eigenvalue weighted by Gasteiger charge is 2.29. The van der Waals surface area contributed by atoms with Crippen molar-refractivity contribution in [2.45, 2.75) is 139 Å². The van der Waals surface area contributed by atoms with Crippen LogP contribution in [0, 0.1) is 29.1 Å². The smallest absolute Gasteiger partial charge is 0.308 e. The molecule has 0 aromatic carbocycles. The van der Waals surface area contributed by atoms with E-state index < -0.39 is 0 Å². The molecule has 0 amide bonds. The number of carbonyl (C=O) groups excluding carboxylic acids is 1. The molecule has 0 aliphatic heterocycles. The molecule has 0 bridgehead atoms. The van der Waals surface area contributed by atoms with E-state index in [1.807, 2.05) is 0 Å². The first kappa shape index (κ1) is 29.5. The molecule has 180 valence electrons. The van der Waals surface area contributed by atoms with Crippen LogP contribution in [0.4, 0.5) is 0 Å². The Kier molecular flexibility index (Phi) is 16.8. The minimum Gasteiger partial charge on any atom is -0.465 e. The van der Waals surface area contributed by atoms with Gasteiger partial charge in [0.1, 0.15) is 0 Å². The molecule has 30 heavy (non-hydrogen) atoms. The van der Waals surface area contributed by atoms with Crippen LogP contribution in [0.1, 0.15) is 139 Å². The molecule has 0 aliphatic carbocycles. The van der Waals surface area contributed by atoms with Gasteiger partial charge in [0.25, 0.3) is 0 Å². The number of hydrogen-bond acceptors (Lipinski definition) is 2. The first-order valence-corrected chi connectivity index (χ1v) is 13.4. The van der Waals surface area contributed by atoms with Crippen LogP contribution >= 0.6 is 0 Å². The van der Waals surface area contributed by atoms with Crippen molar-refractivity contribution in [2.75, 3.05) is 6.61 Å². The molecule has 0 aromatic heterocycles. The van der Waals surface area contributed by atoms with E-state index in [1.54, 1.807) is 0 Å². The molecule has 0 radical (unpaired) electrons. The first-order valence-electron chi connectivity index (χ1n) is 13.4. The summed E-state index contributed by atoms with van der Waals surface area (Å²) >= 11 is 0. The molecule has 0 N–H and O–H groups in total. The maximum Gasteiger partial charge on any atom is 0.308 e. The van der Waals surface area contributed by atoms with Gasteiger partial charge in [-0.15, -0.1) is 0 Å². The molecule has 2 heteroatoms. The zero-order valence-corrected chi connectivity index (χ0v) is 22.0. The van der Waals surface area contributed by atoms with Crippen molar-refractivity contribution in [2.24, 2.45) is 29.1 Å². The number of rotatable bonds is 19. The minimum absolute atomic E-state index is 0.0591. The number of esters is 1. The average molecular weight is 425 g/mol. The SMILES string of the molecule is CCCCCCCCC(CCC)C(=O)OCCC(C)[C@@H](C)CC(CC)C(C)(C)CC. The fourth-order valence-corrected chi connectivity index (χ4v) is 4.66. The quantitative estimate of drug-likeness (QED) is 0.152. The molecule has 0 heterocycles. The van der Waals surface area contributed by atoms with Gasteiger partial charge in [-0.1, -0.05) is 113 Å². The average Bonchev–Trinajstić information content (AvgIpc) is 2.72. The third-order valence-corrected chi connectivity index (χ3v) is 7.83. The van der Waals surface area contributed by atoms with Crippen molar-refractivity contribution >= 4 is 5.97 Å². The van der Waals surface area contributed by atoms with Gasteiger partial charge in [-0.3, -0.25) is 4.79 Å². The van der Waals surface area contributed by atoms with Crippen molar-refractivity contribution in [3.05, 3.63) is 0 Å². The summed E-state index contributed by atoms with van der Waals surface area (Å²) in [5.74, 6) is 2.22. The summed E-state index contributed by atoms with van der Waals surface area (Å²) in [6, 6.07) is 0. The topological polar surface area (TPSA) is 26.3 Å². The van der Waals surface area contributed by atoms with Gasteiger partial charge in [-0.2, -0.15) is 0 Å². The van der Waals surface area contributed by atoms with Crippen LogP contribution in [0.25, 0.3) is 0 Å². The van der Waals surface area contributed by atoms with Gasteiger partial charge >= 0.3 is 5.97 Å². The Hall–Kier alpha value is -0.530. The summed E-state index contributed by atoms with van der Waals surface area (Å²) in [5.41, 5.74) is 0.416. The zero-order chi connectivity index (χ0) is 23.0. The van der Waals surface area contributed by atoms with E-state index in [0.29, 0.717) is 23.9 Å². The van der Waals surface area contributed by atoms with E-state index in [4.69, 9.17) is 4.74 Å². The van der Waals surface area contributed by atoms with Crippen molar-refractivity contribution in [1.82, 2.24) is 0 Å². The van der Waals surface area contributed by atoms with Crippen molar-refractivity contribution in [1.29, 1.82) is 0 Å². The van der Waals surface area contributed by atoms with Crippen LogP contribution in [0.3, 0.4) is 0 Å². The first-order chi connectivity index (χ1) is 14.2. The zero-order valence-electron chi connectivity index (χ0n) is 22.0. The van der Waals surface area contributed by atoms with Gasteiger partial charge in [0.15, 0.2) is 0 Å². The van der Waals surface area contributed by atoms with E-state index in [0.717, 1.165) is 31.6 Å². The predicted octanol–water partition coefficient (Wildman–Crippen LogP) is 9.21. The van der Waals surface area contributed by atoms with Gasteiger partial charge in [0, 0.05) is 0 Å². The monoisotopic (exact) mass is 424 g/mol. The molecular weight excluding hydrogens is 368 g/mol. The molecule has 4 atom stereocenters. The lowest BCUT2D eigenvalue weighted by atomic mass is 9.70. The molecule has 0 aliphatic rings. The molecule has 0 aromatic rings. The van der Waals surface area contributed by atoms with Crippen LogP contribution in [-0.2, 0) is 9.53 Å². The number of unbranched alkanes of at least 4 members (excludes halogenated alkanes) is 5. The highest BCUT2D eigenvalue weighted by molar-refractivity contribution is 5.72. The maximum atomic E-state index is 12.6. The molecule has 0 spiro atoms. The van der Waals surface area contributed by atoms with Crippen molar-refractivity contribution in [3.8, 4) is 0 Å².